The Labute approximate surface area is 138 Å². The Balaban J connectivity index is 1.75. The van der Waals surface area contributed by atoms with Gasteiger partial charge in [-0.3, -0.25) is 0 Å². The monoisotopic (exact) mass is 321 g/mol. The largest absolute Gasteiger partial charge is 0.438 e. The van der Waals surface area contributed by atoms with E-state index in [9.17, 15) is 0 Å². The van der Waals surface area contributed by atoms with E-state index < -0.39 is 0 Å². The van der Waals surface area contributed by atoms with Gasteiger partial charge in [0.2, 0.25) is 5.88 Å². The molecule has 0 radical (unpaired) electrons. The van der Waals surface area contributed by atoms with Crippen LogP contribution in [0.4, 0.5) is 0 Å². The molecule has 0 bridgehead atoms. The molecule has 1 aliphatic carbocycles. The summed E-state index contributed by atoms with van der Waals surface area (Å²) in [5.41, 5.74) is 2.35. The van der Waals surface area contributed by atoms with E-state index in [2.05, 4.69) is 16.0 Å². The molecule has 0 saturated carbocycles. The van der Waals surface area contributed by atoms with Gasteiger partial charge in [0, 0.05) is 4.88 Å². The molecule has 1 aromatic carbocycles. The third-order valence-corrected chi connectivity index (χ3v) is 5.25. The normalized spacial score (nSPS) is 13.0. The zero-order valence-electron chi connectivity index (χ0n) is 12.8. The van der Waals surface area contributed by atoms with Gasteiger partial charge in [0.15, 0.2) is 0 Å². The number of nitriles is 1. The van der Waals surface area contributed by atoms with E-state index in [1.807, 2.05) is 31.2 Å². The van der Waals surface area contributed by atoms with Crippen LogP contribution in [-0.2, 0) is 19.3 Å². The summed E-state index contributed by atoms with van der Waals surface area (Å²) in [4.78, 5) is 11.5. The maximum atomic E-state index is 8.74. The number of benzene rings is 1. The van der Waals surface area contributed by atoms with E-state index in [1.54, 1.807) is 11.3 Å². The summed E-state index contributed by atoms with van der Waals surface area (Å²) >= 11 is 1.77. The van der Waals surface area contributed by atoms with Crippen molar-refractivity contribution in [2.24, 2.45) is 0 Å². The molecule has 0 atom stereocenters. The van der Waals surface area contributed by atoms with E-state index in [4.69, 9.17) is 10.00 Å². The molecule has 0 amide bonds. The van der Waals surface area contributed by atoms with Crippen molar-refractivity contribution in [2.75, 3.05) is 0 Å². The number of ether oxygens (including phenoxy) is 1. The van der Waals surface area contributed by atoms with Crippen molar-refractivity contribution in [1.82, 2.24) is 9.97 Å². The lowest BCUT2D eigenvalue weighted by Crippen LogP contribution is -1.95. The minimum Gasteiger partial charge on any atom is -0.438 e. The molecule has 2 aromatic heterocycles. The molecular formula is C18H15N3OS. The molecule has 1 aliphatic rings. The SMILES string of the molecule is Cc1nc(Oc2ccc(CC#N)cc2)c2c3c(sc2n1)CCC3. The zero-order valence-corrected chi connectivity index (χ0v) is 13.6. The first-order valence-electron chi connectivity index (χ1n) is 7.67. The lowest BCUT2D eigenvalue weighted by molar-refractivity contribution is 0.466. The molecule has 0 saturated heterocycles. The van der Waals surface area contributed by atoms with Gasteiger partial charge in [-0.1, -0.05) is 12.1 Å². The Morgan fingerprint density at radius 1 is 1.22 bits per heavy atom. The second kappa shape index (κ2) is 5.64. The fourth-order valence-corrected chi connectivity index (χ4v) is 4.31. The van der Waals surface area contributed by atoms with Crippen molar-refractivity contribution in [1.29, 1.82) is 5.26 Å². The summed E-state index contributed by atoms with van der Waals surface area (Å²) in [5.74, 6) is 2.12. The fourth-order valence-electron chi connectivity index (χ4n) is 3.02. The van der Waals surface area contributed by atoms with Crippen LogP contribution in [0.1, 0.15) is 28.2 Å². The molecule has 0 fully saturated rings. The zero-order chi connectivity index (χ0) is 15.8. The summed E-state index contributed by atoms with van der Waals surface area (Å²) in [5, 5.41) is 9.82. The fraction of sp³-hybridized carbons (Fsp3) is 0.278. The van der Waals surface area contributed by atoms with Gasteiger partial charge in [-0.2, -0.15) is 10.2 Å². The molecule has 0 aliphatic heterocycles. The van der Waals surface area contributed by atoms with Crippen LogP contribution in [0.3, 0.4) is 0 Å². The summed E-state index contributed by atoms with van der Waals surface area (Å²) in [7, 11) is 0. The number of aromatic nitrogens is 2. The van der Waals surface area contributed by atoms with Crippen LogP contribution >= 0.6 is 11.3 Å². The molecular weight excluding hydrogens is 306 g/mol. The minimum absolute atomic E-state index is 0.412. The first-order chi connectivity index (χ1) is 11.2. The lowest BCUT2D eigenvalue weighted by Gasteiger charge is -2.08. The molecule has 3 aromatic rings. The molecule has 4 rings (SSSR count). The number of fused-ring (bicyclic) bond motifs is 3. The molecule has 114 valence electrons. The Bertz CT molecular complexity index is 922. The quantitative estimate of drug-likeness (QED) is 0.719. The molecule has 0 spiro atoms. The van der Waals surface area contributed by atoms with Gasteiger partial charge in [-0.15, -0.1) is 11.3 Å². The van der Waals surface area contributed by atoms with Gasteiger partial charge < -0.3 is 4.74 Å². The summed E-state index contributed by atoms with van der Waals surface area (Å²) in [6.45, 7) is 1.90. The third-order valence-electron chi connectivity index (χ3n) is 4.06. The van der Waals surface area contributed by atoms with Crippen molar-refractivity contribution in [3.05, 3.63) is 46.1 Å². The van der Waals surface area contributed by atoms with Crippen molar-refractivity contribution in [3.63, 3.8) is 0 Å². The highest BCUT2D eigenvalue weighted by Gasteiger charge is 2.22. The van der Waals surface area contributed by atoms with E-state index in [1.165, 1.54) is 16.9 Å². The van der Waals surface area contributed by atoms with Crippen molar-refractivity contribution in [2.45, 2.75) is 32.6 Å². The van der Waals surface area contributed by atoms with Crippen LogP contribution in [0.25, 0.3) is 10.2 Å². The number of aryl methyl sites for hydroxylation is 3. The average Bonchev–Trinajstić information content (AvgIpc) is 3.09. The highest BCUT2D eigenvalue weighted by Crippen LogP contribution is 2.41. The highest BCUT2D eigenvalue weighted by atomic mass is 32.1. The molecule has 0 N–H and O–H groups in total. The second-order valence-electron chi connectivity index (χ2n) is 5.69. The first kappa shape index (κ1) is 14.2. The van der Waals surface area contributed by atoms with Crippen LogP contribution in [0.15, 0.2) is 24.3 Å². The molecule has 2 heterocycles. The van der Waals surface area contributed by atoms with Crippen LogP contribution in [0.5, 0.6) is 11.6 Å². The topological polar surface area (TPSA) is 58.8 Å². The maximum Gasteiger partial charge on any atom is 0.231 e. The number of hydrogen-bond acceptors (Lipinski definition) is 5. The van der Waals surface area contributed by atoms with E-state index in [-0.39, 0.29) is 0 Å². The third kappa shape index (κ3) is 2.55. The van der Waals surface area contributed by atoms with E-state index >= 15 is 0 Å². The molecule has 0 unspecified atom stereocenters. The van der Waals surface area contributed by atoms with Gasteiger partial charge in [-0.05, 0) is 49.4 Å². The Hall–Kier alpha value is -2.45. The van der Waals surface area contributed by atoms with Crippen molar-refractivity contribution >= 4 is 21.6 Å². The minimum atomic E-state index is 0.412. The van der Waals surface area contributed by atoms with Crippen molar-refractivity contribution in [3.8, 4) is 17.7 Å². The number of rotatable bonds is 3. The lowest BCUT2D eigenvalue weighted by atomic mass is 10.1. The number of hydrogen-bond donors (Lipinski definition) is 0. The maximum absolute atomic E-state index is 8.74. The molecule has 5 heteroatoms. The number of nitrogens with zero attached hydrogens (tertiary/aromatic N) is 3. The standard InChI is InChI=1S/C18H15N3OS/c1-11-20-17(22-13-7-5-12(6-8-13)9-10-19)16-14-3-2-4-15(14)23-18(16)21-11/h5-8H,2-4,9H2,1H3. The van der Waals surface area contributed by atoms with Crippen LogP contribution in [0.2, 0.25) is 0 Å². The summed E-state index contributed by atoms with van der Waals surface area (Å²) in [6, 6.07) is 9.77. The van der Waals surface area contributed by atoms with Crippen LogP contribution in [-0.4, -0.2) is 9.97 Å². The van der Waals surface area contributed by atoms with Gasteiger partial charge in [-0.25, -0.2) is 4.98 Å². The van der Waals surface area contributed by atoms with Gasteiger partial charge in [0.25, 0.3) is 0 Å². The van der Waals surface area contributed by atoms with Crippen molar-refractivity contribution < 1.29 is 4.74 Å². The summed E-state index contributed by atoms with van der Waals surface area (Å²) < 4.78 is 6.06. The van der Waals surface area contributed by atoms with E-state index in [0.29, 0.717) is 12.3 Å². The first-order valence-corrected chi connectivity index (χ1v) is 8.49. The van der Waals surface area contributed by atoms with Gasteiger partial charge in [0.05, 0.1) is 17.9 Å². The van der Waals surface area contributed by atoms with Crippen LogP contribution in [0, 0.1) is 18.3 Å². The van der Waals surface area contributed by atoms with Gasteiger partial charge >= 0.3 is 0 Å². The molecule has 4 nitrogen and oxygen atoms in total. The highest BCUT2D eigenvalue weighted by molar-refractivity contribution is 7.19. The summed E-state index contributed by atoms with van der Waals surface area (Å²) in [6.07, 6.45) is 3.83. The predicted molar refractivity (Wildman–Crippen MR) is 90.0 cm³/mol. The van der Waals surface area contributed by atoms with E-state index in [0.717, 1.165) is 40.2 Å². The predicted octanol–water partition coefficient (Wildman–Crippen LogP) is 4.35. The average molecular weight is 321 g/mol. The molecule has 23 heavy (non-hydrogen) atoms. The second-order valence-corrected chi connectivity index (χ2v) is 6.78. The Morgan fingerprint density at radius 3 is 2.83 bits per heavy atom. The van der Waals surface area contributed by atoms with Gasteiger partial charge in [0.1, 0.15) is 16.4 Å². The smallest absolute Gasteiger partial charge is 0.231 e. The van der Waals surface area contributed by atoms with Crippen LogP contribution < -0.4 is 4.74 Å². The Kier molecular flexibility index (Phi) is 3.47. The number of thiophene rings is 1. The Morgan fingerprint density at radius 2 is 2.04 bits per heavy atom.